The van der Waals surface area contributed by atoms with Gasteiger partial charge in [0.25, 0.3) is 5.91 Å². The van der Waals surface area contributed by atoms with Crippen molar-refractivity contribution in [1.29, 1.82) is 0 Å². The molecule has 0 unspecified atom stereocenters. The van der Waals surface area contributed by atoms with Crippen LogP contribution < -0.4 is 23.7 Å². The monoisotopic (exact) mass is 520 g/mol. The highest BCUT2D eigenvalue weighted by Gasteiger charge is 2.26. The zero-order valence-corrected chi connectivity index (χ0v) is 21.5. The molecule has 37 heavy (non-hydrogen) atoms. The summed E-state index contributed by atoms with van der Waals surface area (Å²) < 4.78 is 27.0. The number of amides is 1. The first kappa shape index (κ1) is 29.0. The van der Waals surface area contributed by atoms with Crippen molar-refractivity contribution in [3.63, 3.8) is 0 Å². The highest BCUT2D eigenvalue weighted by Crippen LogP contribution is 2.38. The molecule has 1 amide bonds. The molecule has 0 bridgehead atoms. The van der Waals surface area contributed by atoms with Crippen molar-refractivity contribution in [2.75, 3.05) is 61.7 Å². The van der Waals surface area contributed by atoms with Crippen molar-refractivity contribution < 1.29 is 48.3 Å². The number of methoxy groups -OCH3 is 5. The molecule has 3 rings (SSSR count). The van der Waals surface area contributed by atoms with Gasteiger partial charge in [-0.25, -0.2) is 9.59 Å². The molecule has 0 saturated carbocycles. The maximum atomic E-state index is 13.1. The second kappa shape index (κ2) is 13.8. The Hall–Kier alpha value is -4.19. The molecule has 202 valence electrons. The number of hydrogen-bond donors (Lipinski definition) is 2. The first-order valence-electron chi connectivity index (χ1n) is 11.2. The molecular formula is C25H32N2O10. The Bertz CT molecular complexity index is 1060. The van der Waals surface area contributed by atoms with Crippen LogP contribution in [0.15, 0.2) is 30.3 Å². The van der Waals surface area contributed by atoms with Crippen molar-refractivity contribution >= 4 is 17.8 Å². The standard InChI is InChI=1S/C23H30N2O6.C2H2O4/c1-27-18-8-6-7-17(21(18)30-4)23(26)25-11-9-24(10-12-25)15-16-13-19(28-2)22(31-5)20(14-16)29-3;3-1(4)2(5)6/h6-8,13-14H,9-12,15H2,1-5H3;(H,3,4)(H,5,6). The van der Waals surface area contributed by atoms with Crippen molar-refractivity contribution in [3.8, 4) is 28.7 Å². The second-order valence-electron chi connectivity index (χ2n) is 7.75. The number of rotatable bonds is 8. The zero-order valence-electron chi connectivity index (χ0n) is 21.5. The molecule has 2 aromatic carbocycles. The first-order chi connectivity index (χ1) is 17.7. The second-order valence-corrected chi connectivity index (χ2v) is 7.75. The van der Waals surface area contributed by atoms with Gasteiger partial charge in [-0.05, 0) is 29.8 Å². The summed E-state index contributed by atoms with van der Waals surface area (Å²) in [4.78, 5) is 35.4. The molecule has 0 atom stereocenters. The first-order valence-corrected chi connectivity index (χ1v) is 11.2. The third-order valence-corrected chi connectivity index (χ3v) is 5.61. The number of carbonyl (C=O) groups excluding carboxylic acids is 1. The molecule has 2 aromatic rings. The van der Waals surface area contributed by atoms with E-state index >= 15 is 0 Å². The zero-order chi connectivity index (χ0) is 27.5. The fraction of sp³-hybridized carbons (Fsp3) is 0.400. The molecular weight excluding hydrogens is 488 g/mol. The number of piperazine rings is 1. The fourth-order valence-electron chi connectivity index (χ4n) is 3.82. The molecule has 1 saturated heterocycles. The van der Waals surface area contributed by atoms with E-state index in [2.05, 4.69) is 4.90 Å². The molecule has 1 heterocycles. The summed E-state index contributed by atoms with van der Waals surface area (Å²) in [5.74, 6) is -0.833. The normalized spacial score (nSPS) is 13.1. The lowest BCUT2D eigenvalue weighted by Crippen LogP contribution is -2.48. The van der Waals surface area contributed by atoms with Gasteiger partial charge >= 0.3 is 11.9 Å². The summed E-state index contributed by atoms with van der Waals surface area (Å²) in [7, 11) is 7.92. The average molecular weight is 521 g/mol. The van der Waals surface area contributed by atoms with E-state index in [1.807, 2.05) is 17.0 Å². The molecule has 1 aliphatic rings. The van der Waals surface area contributed by atoms with Crippen molar-refractivity contribution in [2.45, 2.75) is 6.54 Å². The Morgan fingerprint density at radius 1 is 0.730 bits per heavy atom. The Morgan fingerprint density at radius 2 is 1.24 bits per heavy atom. The third-order valence-electron chi connectivity index (χ3n) is 5.61. The molecule has 12 nitrogen and oxygen atoms in total. The van der Waals surface area contributed by atoms with Gasteiger partial charge in [0.1, 0.15) is 0 Å². The van der Waals surface area contributed by atoms with Gasteiger partial charge in [-0.1, -0.05) is 6.07 Å². The van der Waals surface area contributed by atoms with Crippen LogP contribution in [0.25, 0.3) is 0 Å². The molecule has 0 radical (unpaired) electrons. The van der Waals surface area contributed by atoms with Gasteiger partial charge in [-0.15, -0.1) is 0 Å². The van der Waals surface area contributed by atoms with Crippen molar-refractivity contribution in [3.05, 3.63) is 41.5 Å². The number of aliphatic carboxylic acids is 2. The number of hydrogen-bond acceptors (Lipinski definition) is 9. The van der Waals surface area contributed by atoms with E-state index in [1.54, 1.807) is 53.7 Å². The van der Waals surface area contributed by atoms with E-state index in [-0.39, 0.29) is 5.91 Å². The van der Waals surface area contributed by atoms with E-state index < -0.39 is 11.9 Å². The lowest BCUT2D eigenvalue weighted by Gasteiger charge is -2.35. The summed E-state index contributed by atoms with van der Waals surface area (Å²) in [6.45, 7) is 3.50. The van der Waals surface area contributed by atoms with Gasteiger partial charge in [0.15, 0.2) is 23.0 Å². The Balaban J connectivity index is 0.000000717. The largest absolute Gasteiger partial charge is 0.493 e. The van der Waals surface area contributed by atoms with Crippen molar-refractivity contribution in [1.82, 2.24) is 9.80 Å². The summed E-state index contributed by atoms with van der Waals surface area (Å²) in [6, 6.07) is 9.27. The Labute approximate surface area is 214 Å². The molecule has 0 spiro atoms. The lowest BCUT2D eigenvalue weighted by atomic mass is 10.1. The van der Waals surface area contributed by atoms with Crippen LogP contribution in [0.5, 0.6) is 28.7 Å². The van der Waals surface area contributed by atoms with Gasteiger partial charge < -0.3 is 38.8 Å². The molecule has 2 N–H and O–H groups in total. The highest BCUT2D eigenvalue weighted by molar-refractivity contribution is 6.27. The van der Waals surface area contributed by atoms with Gasteiger partial charge in [0.2, 0.25) is 5.75 Å². The number of nitrogens with zero attached hydrogens (tertiary/aromatic N) is 2. The predicted molar refractivity (Wildman–Crippen MR) is 132 cm³/mol. The highest BCUT2D eigenvalue weighted by atomic mass is 16.5. The third kappa shape index (κ3) is 7.40. The quantitative estimate of drug-likeness (QED) is 0.492. The summed E-state index contributed by atoms with van der Waals surface area (Å²) in [5.41, 5.74) is 1.57. The number of carboxylic acid groups (broad SMARTS) is 2. The van der Waals surface area contributed by atoms with Crippen LogP contribution >= 0.6 is 0 Å². The number of para-hydroxylation sites is 1. The van der Waals surface area contributed by atoms with E-state index in [4.69, 9.17) is 43.5 Å². The van der Waals surface area contributed by atoms with Crippen LogP contribution in [0.3, 0.4) is 0 Å². The number of benzene rings is 2. The van der Waals surface area contributed by atoms with E-state index in [9.17, 15) is 4.79 Å². The Kier molecular flexibility index (Phi) is 10.8. The fourth-order valence-corrected chi connectivity index (χ4v) is 3.82. The molecule has 12 heteroatoms. The van der Waals surface area contributed by atoms with E-state index in [0.717, 1.165) is 25.2 Å². The van der Waals surface area contributed by atoms with E-state index in [0.29, 0.717) is 47.4 Å². The van der Waals surface area contributed by atoms with Crippen LogP contribution in [0.4, 0.5) is 0 Å². The van der Waals surface area contributed by atoms with E-state index in [1.165, 1.54) is 0 Å². The number of ether oxygens (including phenoxy) is 5. The molecule has 1 fully saturated rings. The number of carboxylic acids is 2. The average Bonchev–Trinajstić information content (AvgIpc) is 2.92. The van der Waals surface area contributed by atoms with Gasteiger partial charge in [-0.2, -0.15) is 0 Å². The van der Waals surface area contributed by atoms with Crippen LogP contribution in [-0.4, -0.2) is 99.6 Å². The van der Waals surface area contributed by atoms with Crippen LogP contribution in [-0.2, 0) is 16.1 Å². The summed E-state index contributed by atoms with van der Waals surface area (Å²) >= 11 is 0. The van der Waals surface area contributed by atoms with Crippen LogP contribution in [0.2, 0.25) is 0 Å². The van der Waals surface area contributed by atoms with Crippen molar-refractivity contribution in [2.24, 2.45) is 0 Å². The SMILES string of the molecule is COc1cc(CN2CCN(C(=O)c3cccc(OC)c3OC)CC2)cc(OC)c1OC.O=C(O)C(=O)O. The van der Waals surface area contributed by atoms with Gasteiger partial charge in [-0.3, -0.25) is 9.69 Å². The maximum Gasteiger partial charge on any atom is 0.414 e. The molecule has 1 aliphatic heterocycles. The minimum absolute atomic E-state index is 0.0526. The predicted octanol–water partition coefficient (Wildman–Crippen LogP) is 1.84. The lowest BCUT2D eigenvalue weighted by molar-refractivity contribution is -0.159. The van der Waals surface area contributed by atoms with Crippen LogP contribution in [0.1, 0.15) is 15.9 Å². The Morgan fingerprint density at radius 3 is 1.68 bits per heavy atom. The van der Waals surface area contributed by atoms with Gasteiger partial charge in [0, 0.05) is 32.7 Å². The molecule has 0 aromatic heterocycles. The minimum atomic E-state index is -1.82. The summed E-state index contributed by atoms with van der Waals surface area (Å²) in [5, 5.41) is 14.8. The minimum Gasteiger partial charge on any atom is -0.493 e. The summed E-state index contributed by atoms with van der Waals surface area (Å²) in [6.07, 6.45) is 0. The maximum absolute atomic E-state index is 13.1. The van der Waals surface area contributed by atoms with Crippen LogP contribution in [0, 0.1) is 0 Å². The number of carbonyl (C=O) groups is 3. The smallest absolute Gasteiger partial charge is 0.414 e. The topological polar surface area (TPSA) is 144 Å². The van der Waals surface area contributed by atoms with Gasteiger partial charge in [0.05, 0.1) is 41.1 Å². The molecule has 0 aliphatic carbocycles.